The summed E-state index contributed by atoms with van der Waals surface area (Å²) in [6.07, 6.45) is 3.20. The van der Waals surface area contributed by atoms with E-state index in [1.165, 1.54) is 4.90 Å². The van der Waals surface area contributed by atoms with E-state index < -0.39 is 17.7 Å². The zero-order valence-corrected chi connectivity index (χ0v) is 19.3. The van der Waals surface area contributed by atoms with Crippen LogP contribution in [0.25, 0.3) is 5.76 Å². The van der Waals surface area contributed by atoms with Gasteiger partial charge in [-0.15, -0.1) is 0 Å². The van der Waals surface area contributed by atoms with Gasteiger partial charge in [0.15, 0.2) is 11.5 Å². The Morgan fingerprint density at radius 3 is 2.50 bits per heavy atom. The maximum atomic E-state index is 13.3. The molecule has 0 radical (unpaired) electrons. The molecule has 1 atom stereocenters. The molecule has 9 heteroatoms. The van der Waals surface area contributed by atoms with Gasteiger partial charge >= 0.3 is 5.97 Å². The summed E-state index contributed by atoms with van der Waals surface area (Å²) in [4.78, 5) is 43.7. The molecule has 5 rings (SSSR count). The summed E-state index contributed by atoms with van der Waals surface area (Å²) in [5.41, 5.74) is 2.01. The van der Waals surface area contributed by atoms with E-state index in [4.69, 9.17) is 14.2 Å². The number of hydrogen-bond acceptors (Lipinski definition) is 8. The van der Waals surface area contributed by atoms with E-state index in [9.17, 15) is 19.5 Å². The molecule has 1 fully saturated rings. The number of esters is 1. The number of aliphatic hydroxyl groups excluding tert-OH is 1. The van der Waals surface area contributed by atoms with Crippen molar-refractivity contribution in [2.75, 3.05) is 18.3 Å². The third-order valence-corrected chi connectivity index (χ3v) is 5.98. The summed E-state index contributed by atoms with van der Waals surface area (Å²) >= 11 is 0. The number of anilines is 1. The molecule has 3 heterocycles. The number of nitrogens with zero attached hydrogens (tertiary/aromatic N) is 2. The molecule has 0 saturated carbocycles. The number of aliphatic hydroxyl groups is 1. The topological polar surface area (TPSA) is 115 Å². The zero-order valence-electron chi connectivity index (χ0n) is 19.3. The van der Waals surface area contributed by atoms with Gasteiger partial charge in [0.25, 0.3) is 11.7 Å². The van der Waals surface area contributed by atoms with Gasteiger partial charge in [-0.1, -0.05) is 12.1 Å². The van der Waals surface area contributed by atoms with E-state index >= 15 is 0 Å². The van der Waals surface area contributed by atoms with Gasteiger partial charge in [-0.2, -0.15) is 0 Å². The quantitative estimate of drug-likeness (QED) is 0.244. The van der Waals surface area contributed by atoms with Gasteiger partial charge in [0.2, 0.25) is 6.79 Å². The Morgan fingerprint density at radius 2 is 1.78 bits per heavy atom. The van der Waals surface area contributed by atoms with Crippen LogP contribution in [0, 0.1) is 0 Å². The minimum absolute atomic E-state index is 0.0549. The second kappa shape index (κ2) is 9.53. The molecule has 36 heavy (non-hydrogen) atoms. The number of pyridine rings is 1. The Morgan fingerprint density at radius 1 is 1.06 bits per heavy atom. The van der Waals surface area contributed by atoms with Gasteiger partial charge in [0, 0.05) is 23.6 Å². The third kappa shape index (κ3) is 4.15. The number of Topliss-reactive ketones (excluding diaryl/α,β-unsaturated/α-hetero) is 1. The van der Waals surface area contributed by atoms with Crippen molar-refractivity contribution >= 4 is 29.1 Å². The second-order valence-corrected chi connectivity index (χ2v) is 8.17. The number of carbonyl (C=O) groups is 3. The lowest BCUT2D eigenvalue weighted by Crippen LogP contribution is -2.29. The summed E-state index contributed by atoms with van der Waals surface area (Å²) in [6, 6.07) is 14.0. The van der Waals surface area contributed by atoms with Crippen molar-refractivity contribution in [2.45, 2.75) is 19.4 Å². The molecule has 2 aliphatic heterocycles. The molecule has 1 aromatic heterocycles. The van der Waals surface area contributed by atoms with Crippen molar-refractivity contribution in [2.24, 2.45) is 0 Å². The Bertz CT molecular complexity index is 1370. The van der Waals surface area contributed by atoms with Crippen LogP contribution in [0.4, 0.5) is 5.69 Å². The second-order valence-electron chi connectivity index (χ2n) is 8.17. The minimum atomic E-state index is -0.894. The summed E-state index contributed by atoms with van der Waals surface area (Å²) in [5, 5.41) is 11.2. The monoisotopic (exact) mass is 486 g/mol. The van der Waals surface area contributed by atoms with Gasteiger partial charge < -0.3 is 19.3 Å². The molecule has 2 aromatic carbocycles. The van der Waals surface area contributed by atoms with Gasteiger partial charge in [-0.25, -0.2) is 0 Å². The maximum Gasteiger partial charge on any atom is 0.310 e. The number of rotatable bonds is 6. The molecule has 2 aliphatic rings. The normalized spacial score (nSPS) is 17.9. The van der Waals surface area contributed by atoms with E-state index in [-0.39, 0.29) is 37.1 Å². The van der Waals surface area contributed by atoms with Crippen LogP contribution in [0.5, 0.6) is 11.5 Å². The lowest BCUT2D eigenvalue weighted by atomic mass is 9.95. The van der Waals surface area contributed by atoms with Crippen LogP contribution < -0.4 is 14.4 Å². The molecule has 1 unspecified atom stereocenters. The molecule has 0 spiro atoms. The highest BCUT2D eigenvalue weighted by atomic mass is 16.7. The molecule has 0 bridgehead atoms. The number of fused-ring (bicyclic) bond motifs is 1. The Balaban J connectivity index is 1.57. The summed E-state index contributed by atoms with van der Waals surface area (Å²) in [6.45, 7) is 2.09. The highest BCUT2D eigenvalue weighted by Crippen LogP contribution is 2.43. The molecule has 1 saturated heterocycles. The van der Waals surface area contributed by atoms with Crippen molar-refractivity contribution in [3.8, 4) is 11.5 Å². The molecule has 1 amide bonds. The van der Waals surface area contributed by atoms with Crippen LogP contribution in [0.15, 0.2) is 72.6 Å². The van der Waals surface area contributed by atoms with Gasteiger partial charge in [-0.3, -0.25) is 24.3 Å². The average molecular weight is 486 g/mol. The van der Waals surface area contributed by atoms with Crippen LogP contribution in [-0.2, 0) is 25.5 Å². The van der Waals surface area contributed by atoms with Crippen LogP contribution in [0.3, 0.4) is 0 Å². The lowest BCUT2D eigenvalue weighted by Gasteiger charge is -2.25. The van der Waals surface area contributed by atoms with Crippen molar-refractivity contribution in [1.82, 2.24) is 4.98 Å². The number of carbonyl (C=O) groups excluding carboxylic acids is 3. The molecule has 0 aliphatic carbocycles. The van der Waals surface area contributed by atoms with E-state index in [1.54, 1.807) is 73.9 Å². The zero-order chi connectivity index (χ0) is 25.2. The number of hydrogen-bond donors (Lipinski definition) is 1. The minimum Gasteiger partial charge on any atom is -0.507 e. The maximum absolute atomic E-state index is 13.3. The molecule has 3 aromatic rings. The van der Waals surface area contributed by atoms with E-state index in [2.05, 4.69) is 4.98 Å². The average Bonchev–Trinajstić information content (AvgIpc) is 3.47. The molecule has 9 nitrogen and oxygen atoms in total. The Hall–Kier alpha value is -4.66. The van der Waals surface area contributed by atoms with E-state index in [1.807, 2.05) is 0 Å². The first-order valence-electron chi connectivity index (χ1n) is 11.3. The fourth-order valence-corrected chi connectivity index (χ4v) is 4.31. The molecular formula is C27H22N2O7. The smallest absolute Gasteiger partial charge is 0.310 e. The van der Waals surface area contributed by atoms with Crippen LogP contribution in [0.2, 0.25) is 0 Å². The van der Waals surface area contributed by atoms with Gasteiger partial charge in [0.1, 0.15) is 5.76 Å². The third-order valence-electron chi connectivity index (χ3n) is 5.98. The highest BCUT2D eigenvalue weighted by Gasteiger charge is 2.47. The number of aromatic nitrogens is 1. The largest absolute Gasteiger partial charge is 0.507 e. The lowest BCUT2D eigenvalue weighted by molar-refractivity contribution is -0.142. The fraction of sp³-hybridized carbons (Fsp3) is 0.185. The number of benzene rings is 2. The first kappa shape index (κ1) is 23.1. The fourth-order valence-electron chi connectivity index (χ4n) is 4.31. The summed E-state index contributed by atoms with van der Waals surface area (Å²) < 4.78 is 15.7. The Kier molecular flexibility index (Phi) is 6.12. The van der Waals surface area contributed by atoms with Crippen molar-refractivity contribution in [1.29, 1.82) is 0 Å². The molecule has 182 valence electrons. The number of ether oxygens (including phenoxy) is 3. The predicted molar refractivity (Wildman–Crippen MR) is 128 cm³/mol. The number of amides is 1. The van der Waals surface area contributed by atoms with Crippen molar-refractivity contribution < 1.29 is 33.7 Å². The SMILES string of the molecule is CCOC(=O)Cc1ccc(N2C(=O)C(=O)/C(=C(\O)c3ccc4c(c3)OCO4)C2c2ccncc2)cc1. The first-order chi connectivity index (χ1) is 17.5. The van der Waals surface area contributed by atoms with Crippen molar-refractivity contribution in [3.63, 3.8) is 0 Å². The van der Waals surface area contributed by atoms with Gasteiger partial charge in [-0.05, 0) is 60.5 Å². The highest BCUT2D eigenvalue weighted by molar-refractivity contribution is 6.51. The standard InChI is InChI=1S/C27H22N2O7/c1-2-34-22(30)13-16-3-6-19(7-4-16)29-24(17-9-11-28-12-10-17)23(26(32)27(29)33)25(31)18-5-8-20-21(14-18)36-15-35-20/h3-12,14,24,31H,2,13,15H2,1H3/b25-23-. The van der Waals surface area contributed by atoms with E-state index in [0.717, 1.165) is 0 Å². The summed E-state index contributed by atoms with van der Waals surface area (Å²) in [7, 11) is 0. The molecular weight excluding hydrogens is 464 g/mol. The van der Waals surface area contributed by atoms with E-state index in [0.29, 0.717) is 33.9 Å². The van der Waals surface area contributed by atoms with Gasteiger partial charge in [0.05, 0.1) is 24.6 Å². The van der Waals surface area contributed by atoms with Crippen LogP contribution >= 0.6 is 0 Å². The summed E-state index contributed by atoms with van der Waals surface area (Å²) in [5.74, 6) is -1.31. The van der Waals surface area contributed by atoms with Crippen molar-refractivity contribution in [3.05, 3.63) is 89.3 Å². The van der Waals surface area contributed by atoms with Crippen LogP contribution in [-0.4, -0.2) is 41.2 Å². The predicted octanol–water partition coefficient (Wildman–Crippen LogP) is 3.54. The first-order valence-corrected chi connectivity index (χ1v) is 11.3. The molecule has 1 N–H and O–H groups in total. The Labute approximate surface area is 206 Å². The van der Waals surface area contributed by atoms with Crippen LogP contribution in [0.1, 0.15) is 29.7 Å². The number of ketones is 1.